The van der Waals surface area contributed by atoms with Gasteiger partial charge in [-0.3, -0.25) is 24.0 Å². The molecule has 2 aliphatic heterocycles. The lowest BCUT2D eigenvalue weighted by molar-refractivity contribution is -0.124. The fraction of sp³-hybridized carbons (Fsp3) is 0.316. The maximum absolute atomic E-state index is 13.0. The third-order valence-corrected chi connectivity index (χ3v) is 14.4. The Morgan fingerprint density at radius 1 is 0.608 bits per heavy atom. The summed E-state index contributed by atoms with van der Waals surface area (Å²) in [5, 5.41) is 16.1. The molecule has 2 aromatic heterocycles. The number of carbonyl (C=O) groups excluding carboxylic acids is 5. The Morgan fingerprint density at radius 3 is 1.57 bits per heavy atom. The van der Waals surface area contributed by atoms with Crippen molar-refractivity contribution in [3.8, 4) is 11.5 Å². The number of methoxy groups -OCH3 is 2. The molecule has 2 saturated heterocycles. The highest BCUT2D eigenvalue weighted by atomic mass is 35.5. The van der Waals surface area contributed by atoms with Crippen molar-refractivity contribution in [1.82, 2.24) is 39.5 Å². The lowest BCUT2D eigenvalue weighted by Crippen LogP contribution is -2.41. The SMILES string of the molecule is C=CC(=O)Nc1cc(Nc2ncc(Cl)c(Nc3ccccc3C(=O)C(=O)N(C)C)n2)c(OC)cc1C1CCN(CCN2CCC(c3ccc(Nc4ncc(Cl)c(Nc5ccccc5C(=O)C(=O)N(C)C)n4)cc3OC)CC2)CC1. The minimum absolute atomic E-state index is 0.137. The molecule has 2 fully saturated rings. The van der Waals surface area contributed by atoms with Gasteiger partial charge >= 0.3 is 0 Å². The van der Waals surface area contributed by atoms with E-state index in [1.165, 1.54) is 56.5 Å². The molecule has 5 N–H and O–H groups in total. The molecule has 20 nitrogen and oxygen atoms in total. The van der Waals surface area contributed by atoms with E-state index in [2.05, 4.69) is 69.0 Å². The summed E-state index contributed by atoms with van der Waals surface area (Å²) in [6.45, 7) is 9.24. The Balaban J connectivity index is 0.854. The third-order valence-electron chi connectivity index (χ3n) is 13.9. The molecule has 6 aromatic rings. The number of piperidine rings is 2. The van der Waals surface area contributed by atoms with Crippen LogP contribution in [0.3, 0.4) is 0 Å². The summed E-state index contributed by atoms with van der Waals surface area (Å²) < 4.78 is 11.8. The zero-order valence-electron chi connectivity index (χ0n) is 44.9. The number of hydrogen-bond donors (Lipinski definition) is 5. The third kappa shape index (κ3) is 13.9. The van der Waals surface area contributed by atoms with Crippen LogP contribution in [0.4, 0.5) is 52.0 Å². The van der Waals surface area contributed by atoms with Crippen molar-refractivity contribution >= 4 is 104 Å². The Morgan fingerprint density at radius 2 is 1.09 bits per heavy atom. The second kappa shape index (κ2) is 26.0. The van der Waals surface area contributed by atoms with E-state index >= 15 is 0 Å². The number of benzene rings is 4. The first kappa shape index (κ1) is 57.0. The average molecular weight is 1110 g/mol. The van der Waals surface area contributed by atoms with E-state index in [9.17, 15) is 24.0 Å². The summed E-state index contributed by atoms with van der Waals surface area (Å²) >= 11 is 13.0. The highest BCUT2D eigenvalue weighted by Gasteiger charge is 2.29. The van der Waals surface area contributed by atoms with Crippen molar-refractivity contribution in [3.63, 3.8) is 0 Å². The fourth-order valence-electron chi connectivity index (χ4n) is 9.59. The second-order valence-electron chi connectivity index (χ2n) is 19.5. The number of ketones is 2. The molecule has 0 aliphatic carbocycles. The number of nitrogens with one attached hydrogen (secondary N) is 5. The molecule has 0 saturated carbocycles. The van der Waals surface area contributed by atoms with Gasteiger partial charge in [0.15, 0.2) is 11.6 Å². The zero-order chi connectivity index (χ0) is 56.3. The first-order valence-electron chi connectivity index (χ1n) is 25.6. The molecule has 22 heteroatoms. The number of para-hydroxylation sites is 2. The van der Waals surface area contributed by atoms with Crippen LogP contribution < -0.4 is 36.1 Å². The van der Waals surface area contributed by atoms with Gasteiger partial charge in [-0.1, -0.05) is 60.1 Å². The maximum atomic E-state index is 13.0. The summed E-state index contributed by atoms with van der Waals surface area (Å²) in [7, 11) is 9.31. The molecular weight excluding hydrogens is 1050 g/mol. The number of likely N-dealkylation sites (tertiary alicyclic amines) is 2. The topological polar surface area (TPSA) is 228 Å². The number of halogens is 2. The fourth-order valence-corrected chi connectivity index (χ4v) is 9.86. The molecule has 0 atom stereocenters. The minimum atomic E-state index is -0.691. The van der Waals surface area contributed by atoms with Gasteiger partial charge in [0.25, 0.3) is 23.4 Å². The molecule has 2 aliphatic rings. The molecule has 79 heavy (non-hydrogen) atoms. The Bertz CT molecular complexity index is 3250. The number of rotatable bonds is 21. The van der Waals surface area contributed by atoms with E-state index in [4.69, 9.17) is 32.7 Å². The average Bonchev–Trinajstić information content (AvgIpc) is 3.53. The summed E-state index contributed by atoms with van der Waals surface area (Å²) in [6, 6.07) is 23.0. The van der Waals surface area contributed by atoms with Crippen LogP contribution in [0.25, 0.3) is 0 Å². The summed E-state index contributed by atoms with van der Waals surface area (Å²) in [6.07, 6.45) is 7.81. The standard InChI is InChI=1S/C57H63Cl2N13O7/c1-8-49(73)63-45-31-46(66-57-61-33-42(59)53(68-57)65-44-16-12-10-14-39(44)51(75)55(77)70(4)5)48(79-7)30-40(45)35-21-25-72(26-22-35)28-27-71-23-19-34(20-24-71)37-18-17-36(29-47(37)78-6)62-56-60-32-41(58)52(67-56)64-43-15-11-9-13-38(43)50(74)54(76)69(2)3/h8-18,29-35H,1,19-28H2,2-7H3,(H,63,73)(H2,60,62,64,67)(H2,61,65,66,68). The molecule has 0 spiro atoms. The Labute approximate surface area is 468 Å². The Kier molecular flexibility index (Phi) is 18.8. The van der Waals surface area contributed by atoms with Gasteiger partial charge < -0.3 is 55.7 Å². The zero-order valence-corrected chi connectivity index (χ0v) is 46.4. The van der Waals surface area contributed by atoms with Crippen molar-refractivity contribution in [2.24, 2.45) is 0 Å². The number of Topliss-reactive ketones (excluding diaryl/α,β-unsaturated/α-hetero) is 2. The number of amides is 3. The van der Waals surface area contributed by atoms with Crippen molar-refractivity contribution in [3.05, 3.63) is 136 Å². The van der Waals surface area contributed by atoms with Crippen molar-refractivity contribution in [2.75, 3.05) is 108 Å². The molecule has 0 radical (unpaired) electrons. The molecule has 0 bridgehead atoms. The number of hydrogen-bond acceptors (Lipinski definition) is 17. The number of nitrogens with zero attached hydrogens (tertiary/aromatic N) is 8. The number of ether oxygens (including phenoxy) is 2. The molecule has 3 amide bonds. The first-order valence-corrected chi connectivity index (χ1v) is 26.4. The molecule has 8 rings (SSSR count). The van der Waals surface area contributed by atoms with Gasteiger partial charge in [0.1, 0.15) is 21.5 Å². The van der Waals surface area contributed by atoms with E-state index < -0.39 is 23.4 Å². The van der Waals surface area contributed by atoms with Crippen LogP contribution in [-0.2, 0) is 14.4 Å². The largest absolute Gasteiger partial charge is 0.496 e. The molecule has 412 valence electrons. The lowest BCUT2D eigenvalue weighted by atomic mass is 9.87. The van der Waals surface area contributed by atoms with Crippen molar-refractivity contribution in [2.45, 2.75) is 37.5 Å². The van der Waals surface area contributed by atoms with Gasteiger partial charge in [-0.05, 0) is 123 Å². The van der Waals surface area contributed by atoms with Crippen molar-refractivity contribution < 1.29 is 33.4 Å². The normalized spacial score (nSPS) is 14.1. The van der Waals surface area contributed by atoms with Gasteiger partial charge in [0, 0.05) is 58.7 Å². The summed E-state index contributed by atoms with van der Waals surface area (Å²) in [5.74, 6) is -0.429. The number of likely N-dealkylation sites (N-methyl/N-ethyl adjacent to an activating group) is 2. The highest BCUT2D eigenvalue weighted by Crippen LogP contribution is 2.41. The highest BCUT2D eigenvalue weighted by molar-refractivity contribution is 6.44. The minimum Gasteiger partial charge on any atom is -0.496 e. The predicted octanol–water partition coefficient (Wildman–Crippen LogP) is 9.29. The molecular formula is C57H63Cl2N13O7. The number of carbonyl (C=O) groups is 5. The van der Waals surface area contributed by atoms with Crippen LogP contribution in [0.1, 0.15) is 69.4 Å². The molecule has 4 aromatic carbocycles. The first-order chi connectivity index (χ1) is 38.0. The Hall–Kier alpha value is -8.17. The second-order valence-corrected chi connectivity index (χ2v) is 20.3. The smallest absolute Gasteiger partial charge is 0.294 e. The van der Waals surface area contributed by atoms with E-state index in [1.54, 1.807) is 68.8 Å². The number of aromatic nitrogens is 4. The predicted molar refractivity (Wildman–Crippen MR) is 308 cm³/mol. The molecule has 4 heterocycles. The van der Waals surface area contributed by atoms with Crippen molar-refractivity contribution in [1.29, 1.82) is 0 Å². The molecule has 0 unspecified atom stereocenters. The maximum Gasteiger partial charge on any atom is 0.294 e. The lowest BCUT2D eigenvalue weighted by Gasteiger charge is -2.37. The van der Waals surface area contributed by atoms with E-state index in [0.29, 0.717) is 34.4 Å². The van der Waals surface area contributed by atoms with E-state index in [0.717, 1.165) is 87.5 Å². The van der Waals surface area contributed by atoms with E-state index in [1.807, 2.05) is 18.2 Å². The monoisotopic (exact) mass is 1110 g/mol. The van der Waals surface area contributed by atoms with Gasteiger partial charge in [-0.15, -0.1) is 0 Å². The van der Waals surface area contributed by atoms with Crippen LogP contribution in [-0.4, -0.2) is 151 Å². The number of anilines is 9. The van der Waals surface area contributed by atoms with Crippen LogP contribution in [0.5, 0.6) is 11.5 Å². The summed E-state index contributed by atoms with van der Waals surface area (Å²) in [4.78, 5) is 89.2. The van der Waals surface area contributed by atoms with Gasteiger partial charge in [-0.25, -0.2) is 9.97 Å². The van der Waals surface area contributed by atoms with Crippen LogP contribution in [0.2, 0.25) is 10.0 Å². The van der Waals surface area contributed by atoms with Crippen LogP contribution in [0.15, 0.2) is 104 Å². The van der Waals surface area contributed by atoms with Gasteiger partial charge in [-0.2, -0.15) is 9.97 Å². The summed E-state index contributed by atoms with van der Waals surface area (Å²) in [5.41, 5.74) is 4.96. The van der Waals surface area contributed by atoms with Gasteiger partial charge in [0.2, 0.25) is 17.8 Å². The van der Waals surface area contributed by atoms with Gasteiger partial charge in [0.05, 0.1) is 54.8 Å². The van der Waals surface area contributed by atoms with Crippen LogP contribution >= 0.6 is 23.2 Å². The van der Waals surface area contributed by atoms with Crippen LogP contribution in [0, 0.1) is 0 Å². The quantitative estimate of drug-likeness (QED) is 0.0257. The van der Waals surface area contributed by atoms with E-state index in [-0.39, 0.29) is 56.5 Å².